The molecule has 10 N–H and O–H groups in total. The number of pyridine rings is 1. The maximum atomic E-state index is 13.8. The molecule has 0 aliphatic carbocycles. The molecular weight excluding hydrogens is 642 g/mol. The first kappa shape index (κ1) is 40.8. The number of rotatable bonds is 21. The number of carbonyl (C=O) groups is 6. The largest absolute Gasteiger partial charge is 0.370 e. The van der Waals surface area contributed by atoms with Crippen LogP contribution in [0.15, 0.2) is 54.9 Å². The van der Waals surface area contributed by atoms with E-state index in [0.29, 0.717) is 18.4 Å². The molecule has 0 fully saturated rings. The number of nitrogens with two attached hydrogens (primary N) is 2. The van der Waals surface area contributed by atoms with Crippen molar-refractivity contribution in [1.82, 2.24) is 31.6 Å². The van der Waals surface area contributed by atoms with Gasteiger partial charge in [-0.15, -0.1) is 0 Å². The molecular formula is C35H51N9O6. The molecule has 2 rings (SSSR count). The molecule has 1 heterocycles. The van der Waals surface area contributed by atoms with Crippen molar-refractivity contribution in [3.8, 4) is 0 Å². The van der Waals surface area contributed by atoms with E-state index in [1.165, 1.54) is 0 Å². The van der Waals surface area contributed by atoms with Crippen molar-refractivity contribution >= 4 is 41.3 Å². The van der Waals surface area contributed by atoms with E-state index in [-0.39, 0.29) is 44.1 Å². The van der Waals surface area contributed by atoms with E-state index < -0.39 is 65.4 Å². The molecule has 50 heavy (non-hydrogen) atoms. The van der Waals surface area contributed by atoms with Crippen molar-refractivity contribution in [1.29, 1.82) is 5.41 Å². The number of carbonyl (C=O) groups excluding carboxylic acids is 6. The topological polar surface area (TPSA) is 251 Å². The van der Waals surface area contributed by atoms with Crippen LogP contribution in [-0.2, 0) is 41.6 Å². The Labute approximate surface area is 293 Å². The SMILES string of the molecule is CC[C@H](C)C(NC(=O)[C@H](CC(C)C)NC(=O)[C@H](Cc1ccccc1)NC(=O)Cc1ccncc1)C(=O)C(=O)N[C@H](CCCNC(=N)N)C(N)=O. The van der Waals surface area contributed by atoms with Gasteiger partial charge in [0.2, 0.25) is 29.4 Å². The third-order valence-electron chi connectivity index (χ3n) is 8.04. The van der Waals surface area contributed by atoms with E-state index in [4.69, 9.17) is 16.9 Å². The lowest BCUT2D eigenvalue weighted by Crippen LogP contribution is -2.59. The molecule has 0 spiro atoms. The lowest BCUT2D eigenvalue weighted by Gasteiger charge is -2.28. The summed E-state index contributed by atoms with van der Waals surface area (Å²) in [5, 5.41) is 20.4. The molecule has 15 heteroatoms. The van der Waals surface area contributed by atoms with Gasteiger partial charge in [0.25, 0.3) is 5.91 Å². The standard InChI is InChI=1S/C35H51N9O6/c1-5-22(4)29(30(46)34(50)42-25(31(36)47)12-9-15-40-35(37)38)44-33(49)26(18-21(2)3)43-32(48)27(19-23-10-7-6-8-11-23)41-28(45)20-24-13-16-39-17-14-24/h6-8,10-11,13-14,16-17,21-22,25-27,29H,5,9,12,15,18-20H2,1-4H3,(H2,36,47)(H,41,45)(H,42,50)(H,43,48)(H,44,49)(H4,37,38,40)/t22-,25+,26-,27-,29?/m0/s1. The smallest absolute Gasteiger partial charge is 0.290 e. The molecule has 0 bridgehead atoms. The summed E-state index contributed by atoms with van der Waals surface area (Å²) in [5.41, 5.74) is 12.2. The number of Topliss-reactive ketones (excluding diaryl/α,β-unsaturated/α-hetero) is 1. The number of aromatic nitrogens is 1. The van der Waals surface area contributed by atoms with E-state index in [2.05, 4.69) is 31.6 Å². The third-order valence-corrected chi connectivity index (χ3v) is 8.04. The van der Waals surface area contributed by atoms with Crippen molar-refractivity contribution in [2.45, 2.75) is 90.4 Å². The summed E-state index contributed by atoms with van der Waals surface area (Å²) in [6, 6.07) is 7.95. The summed E-state index contributed by atoms with van der Waals surface area (Å²) >= 11 is 0. The van der Waals surface area contributed by atoms with E-state index in [1.54, 1.807) is 38.4 Å². The average Bonchev–Trinajstić information content (AvgIpc) is 3.07. The molecule has 272 valence electrons. The van der Waals surface area contributed by atoms with Crippen LogP contribution in [0.2, 0.25) is 0 Å². The van der Waals surface area contributed by atoms with Gasteiger partial charge in [0.15, 0.2) is 5.96 Å². The lowest BCUT2D eigenvalue weighted by molar-refractivity contribution is -0.142. The van der Waals surface area contributed by atoms with E-state index in [1.807, 2.05) is 44.2 Å². The number of ketones is 1. The number of primary amides is 1. The molecule has 0 saturated heterocycles. The summed E-state index contributed by atoms with van der Waals surface area (Å²) in [5.74, 6) is -5.38. The highest BCUT2D eigenvalue weighted by Crippen LogP contribution is 2.13. The average molecular weight is 694 g/mol. The Morgan fingerprint density at radius 2 is 1.44 bits per heavy atom. The molecule has 1 aromatic carbocycles. The third kappa shape index (κ3) is 14.4. The van der Waals surface area contributed by atoms with Crippen molar-refractivity contribution in [3.05, 3.63) is 66.0 Å². The molecule has 0 aliphatic rings. The van der Waals surface area contributed by atoms with Crippen LogP contribution in [0.25, 0.3) is 0 Å². The molecule has 5 amide bonds. The maximum absolute atomic E-state index is 13.8. The zero-order valence-electron chi connectivity index (χ0n) is 29.2. The highest BCUT2D eigenvalue weighted by Gasteiger charge is 2.35. The fraction of sp³-hybridized carbons (Fsp3) is 0.486. The van der Waals surface area contributed by atoms with Gasteiger partial charge in [0.1, 0.15) is 18.1 Å². The number of guanidine groups is 1. The molecule has 0 saturated carbocycles. The minimum absolute atomic E-state index is 0.0175. The van der Waals surface area contributed by atoms with Gasteiger partial charge in [-0.2, -0.15) is 0 Å². The Morgan fingerprint density at radius 1 is 0.800 bits per heavy atom. The normalized spacial score (nSPS) is 13.9. The summed E-state index contributed by atoms with van der Waals surface area (Å²) in [4.78, 5) is 83.0. The van der Waals surface area contributed by atoms with Crippen LogP contribution in [0.1, 0.15) is 64.5 Å². The molecule has 0 aliphatic heterocycles. The van der Waals surface area contributed by atoms with Crippen LogP contribution in [0.3, 0.4) is 0 Å². The van der Waals surface area contributed by atoms with E-state index in [9.17, 15) is 28.8 Å². The molecule has 5 atom stereocenters. The summed E-state index contributed by atoms with van der Waals surface area (Å²) in [7, 11) is 0. The molecule has 15 nitrogen and oxygen atoms in total. The van der Waals surface area contributed by atoms with Gasteiger partial charge in [-0.1, -0.05) is 64.4 Å². The summed E-state index contributed by atoms with van der Waals surface area (Å²) in [6.45, 7) is 7.47. The fourth-order valence-corrected chi connectivity index (χ4v) is 5.11. The predicted octanol–water partition coefficient (Wildman–Crippen LogP) is 0.216. The van der Waals surface area contributed by atoms with Gasteiger partial charge >= 0.3 is 0 Å². The molecule has 1 aromatic heterocycles. The molecule has 1 unspecified atom stereocenters. The second kappa shape index (κ2) is 20.9. The number of nitrogens with one attached hydrogen (secondary N) is 6. The monoisotopic (exact) mass is 693 g/mol. The number of amides is 5. The zero-order valence-corrected chi connectivity index (χ0v) is 29.2. The van der Waals surface area contributed by atoms with Gasteiger partial charge in [-0.3, -0.25) is 39.2 Å². The van der Waals surface area contributed by atoms with Gasteiger partial charge < -0.3 is 38.1 Å². The number of nitrogens with zero attached hydrogens (tertiary/aromatic N) is 1. The van der Waals surface area contributed by atoms with Crippen LogP contribution >= 0.6 is 0 Å². The molecule has 0 radical (unpaired) electrons. The Kier molecular flexibility index (Phi) is 17.1. The maximum Gasteiger partial charge on any atom is 0.290 e. The fourth-order valence-electron chi connectivity index (χ4n) is 5.11. The van der Waals surface area contributed by atoms with Crippen LogP contribution in [0.4, 0.5) is 0 Å². The van der Waals surface area contributed by atoms with Crippen molar-refractivity contribution in [2.75, 3.05) is 6.54 Å². The zero-order chi connectivity index (χ0) is 37.2. The number of hydrogen-bond donors (Lipinski definition) is 8. The number of benzene rings is 1. The second-order valence-electron chi connectivity index (χ2n) is 12.7. The minimum atomic E-state index is -1.27. The first-order valence-corrected chi connectivity index (χ1v) is 16.8. The first-order valence-electron chi connectivity index (χ1n) is 16.8. The summed E-state index contributed by atoms with van der Waals surface area (Å²) in [6.07, 6.45) is 4.34. The van der Waals surface area contributed by atoms with Gasteiger partial charge in [-0.05, 0) is 54.4 Å². The Bertz CT molecular complexity index is 1460. The minimum Gasteiger partial charge on any atom is -0.370 e. The van der Waals surface area contributed by atoms with Crippen LogP contribution < -0.4 is 38.1 Å². The highest BCUT2D eigenvalue weighted by atomic mass is 16.2. The van der Waals surface area contributed by atoms with E-state index in [0.717, 1.165) is 5.56 Å². The van der Waals surface area contributed by atoms with Gasteiger partial charge in [0, 0.05) is 25.4 Å². The van der Waals surface area contributed by atoms with Crippen LogP contribution in [0, 0.1) is 17.2 Å². The van der Waals surface area contributed by atoms with Crippen molar-refractivity contribution in [2.24, 2.45) is 23.3 Å². The van der Waals surface area contributed by atoms with Crippen molar-refractivity contribution in [3.63, 3.8) is 0 Å². The van der Waals surface area contributed by atoms with Gasteiger partial charge in [-0.25, -0.2) is 0 Å². The Morgan fingerprint density at radius 3 is 2.02 bits per heavy atom. The highest BCUT2D eigenvalue weighted by molar-refractivity contribution is 6.39. The van der Waals surface area contributed by atoms with Crippen LogP contribution in [-0.4, -0.2) is 77.0 Å². The van der Waals surface area contributed by atoms with Gasteiger partial charge in [0.05, 0.1) is 12.5 Å². The Hall–Kier alpha value is -5.34. The molecule has 2 aromatic rings. The first-order chi connectivity index (χ1) is 23.7. The summed E-state index contributed by atoms with van der Waals surface area (Å²) < 4.78 is 0. The lowest BCUT2D eigenvalue weighted by atomic mass is 9.93. The van der Waals surface area contributed by atoms with Crippen LogP contribution in [0.5, 0.6) is 0 Å². The Balaban J connectivity index is 2.23. The predicted molar refractivity (Wildman–Crippen MR) is 188 cm³/mol. The number of hydrogen-bond acceptors (Lipinski definition) is 8. The second-order valence-corrected chi connectivity index (χ2v) is 12.7. The van der Waals surface area contributed by atoms with E-state index >= 15 is 0 Å². The van der Waals surface area contributed by atoms with Crippen molar-refractivity contribution < 1.29 is 28.8 Å². The quantitative estimate of drug-likeness (QED) is 0.0385.